The molecular formula is C26H25N3O7. The van der Waals surface area contributed by atoms with E-state index in [0.29, 0.717) is 22.3 Å². The quantitative estimate of drug-likeness (QED) is 0.510. The Hall–Kier alpha value is -4.34. The van der Waals surface area contributed by atoms with Crippen LogP contribution in [0.5, 0.6) is 17.2 Å². The van der Waals surface area contributed by atoms with Crippen molar-refractivity contribution in [3.05, 3.63) is 79.2 Å². The summed E-state index contributed by atoms with van der Waals surface area (Å²) >= 11 is 0. The molecule has 0 fully saturated rings. The van der Waals surface area contributed by atoms with Gasteiger partial charge in [0.2, 0.25) is 5.75 Å². The fraction of sp³-hybridized carbons (Fsp3) is 0.308. The second kappa shape index (κ2) is 8.40. The number of hydrogen-bond acceptors (Lipinski definition) is 7. The number of allylic oxidation sites excluding steroid dienone is 7. The number of methoxy groups -OCH3 is 2. The molecule has 2 aliphatic carbocycles. The normalized spacial score (nSPS) is 21.1. The largest absolute Gasteiger partial charge is 0.502 e. The highest BCUT2D eigenvalue weighted by Gasteiger charge is 2.43. The van der Waals surface area contributed by atoms with E-state index in [-0.39, 0.29) is 41.8 Å². The lowest BCUT2D eigenvalue weighted by Crippen LogP contribution is -2.41. The predicted octanol–water partition coefficient (Wildman–Crippen LogP) is 1.68. The van der Waals surface area contributed by atoms with Crippen LogP contribution in [0.3, 0.4) is 0 Å². The number of nitrogens with zero attached hydrogens (tertiary/aromatic N) is 3. The van der Waals surface area contributed by atoms with Crippen molar-refractivity contribution >= 4 is 17.6 Å². The first-order valence-electron chi connectivity index (χ1n) is 11.4. The Morgan fingerprint density at radius 3 is 2.36 bits per heavy atom. The number of carbonyl (C=O) groups is 2. The molecule has 3 aliphatic rings. The Kier molecular flexibility index (Phi) is 5.46. The topological polar surface area (TPSA) is 122 Å². The molecule has 2 heterocycles. The van der Waals surface area contributed by atoms with Crippen LogP contribution >= 0.6 is 0 Å². The molecule has 10 nitrogen and oxygen atoms in total. The highest BCUT2D eigenvalue weighted by molar-refractivity contribution is 6.23. The molecule has 1 aromatic carbocycles. The predicted molar refractivity (Wildman–Crippen MR) is 130 cm³/mol. The number of ketones is 2. The van der Waals surface area contributed by atoms with Gasteiger partial charge in [-0.15, -0.1) is 0 Å². The molecule has 5 rings (SSSR count). The maximum Gasteiger partial charge on any atom is 0.347 e. The average Bonchev–Trinajstić information content (AvgIpc) is 3.09. The summed E-state index contributed by atoms with van der Waals surface area (Å²) in [4.78, 5) is 51.8. The summed E-state index contributed by atoms with van der Waals surface area (Å²) in [6.07, 6.45) is 6.89. The summed E-state index contributed by atoms with van der Waals surface area (Å²) < 4.78 is 14.3. The van der Waals surface area contributed by atoms with E-state index in [4.69, 9.17) is 9.47 Å². The molecule has 36 heavy (non-hydrogen) atoms. The second-order valence-electron chi connectivity index (χ2n) is 9.00. The summed E-state index contributed by atoms with van der Waals surface area (Å²) in [5, 5.41) is 10.2. The van der Waals surface area contributed by atoms with E-state index in [1.807, 2.05) is 6.08 Å². The lowest BCUT2D eigenvalue weighted by molar-refractivity contribution is -0.116. The van der Waals surface area contributed by atoms with E-state index in [1.165, 1.54) is 36.7 Å². The number of benzene rings is 1. The minimum absolute atomic E-state index is 0.134. The van der Waals surface area contributed by atoms with Crippen molar-refractivity contribution in [1.82, 2.24) is 13.9 Å². The van der Waals surface area contributed by atoms with Gasteiger partial charge in [-0.25, -0.2) is 23.5 Å². The van der Waals surface area contributed by atoms with Crippen molar-refractivity contribution in [2.45, 2.75) is 25.9 Å². The van der Waals surface area contributed by atoms with Crippen molar-refractivity contribution in [1.29, 1.82) is 0 Å². The van der Waals surface area contributed by atoms with E-state index in [2.05, 4.69) is 0 Å². The van der Waals surface area contributed by atoms with Crippen molar-refractivity contribution in [2.24, 2.45) is 13.0 Å². The number of fused-ring (bicyclic) bond motifs is 3. The molecule has 186 valence electrons. The summed E-state index contributed by atoms with van der Waals surface area (Å²) in [5.41, 5.74) is 1.57. The van der Waals surface area contributed by atoms with Gasteiger partial charge < -0.3 is 14.6 Å². The first-order chi connectivity index (χ1) is 17.2. The monoisotopic (exact) mass is 491 g/mol. The number of aromatic nitrogens is 3. The van der Waals surface area contributed by atoms with Crippen molar-refractivity contribution < 1.29 is 24.2 Å². The minimum atomic E-state index is -0.596. The number of rotatable bonds is 4. The van der Waals surface area contributed by atoms with Crippen molar-refractivity contribution in [3.63, 3.8) is 0 Å². The number of carbonyl (C=O) groups excluding carboxylic acids is 2. The molecule has 2 atom stereocenters. The first-order valence-corrected chi connectivity index (χ1v) is 11.4. The number of aromatic hydroxyl groups is 1. The van der Waals surface area contributed by atoms with Crippen LogP contribution in [0.2, 0.25) is 0 Å². The molecule has 0 unspecified atom stereocenters. The maximum absolute atomic E-state index is 13.1. The Balaban J connectivity index is 1.67. The molecule has 0 saturated carbocycles. The van der Waals surface area contributed by atoms with E-state index < -0.39 is 23.3 Å². The molecule has 0 saturated heterocycles. The zero-order valence-corrected chi connectivity index (χ0v) is 20.3. The van der Waals surface area contributed by atoms with Gasteiger partial charge in [-0.1, -0.05) is 18.2 Å². The molecule has 0 radical (unpaired) electrons. The fourth-order valence-electron chi connectivity index (χ4n) is 5.26. The molecule has 1 aromatic heterocycles. The zero-order chi connectivity index (χ0) is 25.9. The van der Waals surface area contributed by atoms with Gasteiger partial charge in [0.05, 0.1) is 26.8 Å². The number of phenolic OH excluding ortho intramolecular Hbond substituents is 1. The van der Waals surface area contributed by atoms with Gasteiger partial charge in [-0.05, 0) is 36.3 Å². The summed E-state index contributed by atoms with van der Waals surface area (Å²) in [5.74, 6) is -0.783. The molecule has 0 spiro atoms. The fourth-order valence-corrected chi connectivity index (χ4v) is 5.26. The number of ether oxygens (including phenoxy) is 2. The summed E-state index contributed by atoms with van der Waals surface area (Å²) in [6, 6.07) is 2.66. The highest BCUT2D eigenvalue weighted by Crippen LogP contribution is 2.46. The lowest BCUT2D eigenvalue weighted by Gasteiger charge is -2.38. The molecule has 10 heteroatoms. The average molecular weight is 492 g/mol. The van der Waals surface area contributed by atoms with Crippen LogP contribution in [0.15, 0.2) is 62.2 Å². The Bertz CT molecular complexity index is 1550. The Morgan fingerprint density at radius 1 is 1.06 bits per heavy atom. The van der Waals surface area contributed by atoms with Crippen LogP contribution in [0.1, 0.15) is 24.9 Å². The van der Waals surface area contributed by atoms with Crippen LogP contribution in [-0.2, 0) is 23.2 Å². The Labute approximate surface area is 205 Å². The summed E-state index contributed by atoms with van der Waals surface area (Å²) in [7, 11) is 4.27. The van der Waals surface area contributed by atoms with Gasteiger partial charge in [0.25, 0.3) is 0 Å². The lowest BCUT2D eigenvalue weighted by atomic mass is 9.70. The van der Waals surface area contributed by atoms with E-state index in [1.54, 1.807) is 31.2 Å². The number of phenols is 1. The molecule has 2 aromatic rings. The third-order valence-corrected chi connectivity index (χ3v) is 7.05. The van der Waals surface area contributed by atoms with Crippen LogP contribution in [0, 0.1) is 5.92 Å². The van der Waals surface area contributed by atoms with Crippen molar-refractivity contribution in [2.75, 3.05) is 14.2 Å². The molecular weight excluding hydrogens is 466 g/mol. The third kappa shape index (κ3) is 3.32. The van der Waals surface area contributed by atoms with Gasteiger partial charge in [0.15, 0.2) is 23.1 Å². The number of Topliss-reactive ketones (excluding diaryl/α,β-unsaturated/α-hetero) is 1. The SMILES string of the molecule is COc1cc(C=C[C@H]2C3=CCn4c(=O)n(C)c(=O)n4[C@@H]3CC3=C2C(=O)C=C(C)C3=O)cc(OC)c1O. The molecule has 0 bridgehead atoms. The zero-order valence-electron chi connectivity index (χ0n) is 20.3. The minimum Gasteiger partial charge on any atom is -0.502 e. The van der Waals surface area contributed by atoms with E-state index in [9.17, 15) is 24.3 Å². The molecule has 0 amide bonds. The smallest absolute Gasteiger partial charge is 0.347 e. The molecule has 1 aliphatic heterocycles. The Morgan fingerprint density at radius 2 is 1.72 bits per heavy atom. The van der Waals surface area contributed by atoms with Gasteiger partial charge in [0.1, 0.15) is 0 Å². The third-order valence-electron chi connectivity index (χ3n) is 7.05. The maximum atomic E-state index is 13.1. The van der Waals surface area contributed by atoms with Crippen LogP contribution in [-0.4, -0.2) is 44.8 Å². The van der Waals surface area contributed by atoms with Crippen LogP contribution in [0.25, 0.3) is 6.08 Å². The highest BCUT2D eigenvalue weighted by atomic mass is 16.5. The standard InChI is InChI=1S/C26H25N3O7/c1-13-9-19(30)22-16(6-5-14-10-20(35-3)24(32)21(11-14)36-4)15-7-8-28-25(33)27(2)26(34)29(28)18(15)12-17(22)23(13)31/h5-7,9-11,16,18,32H,8,12H2,1-4H3/t16-,18+/m0/s1. The number of hydrogen-bond donors (Lipinski definition) is 1. The van der Waals surface area contributed by atoms with Gasteiger partial charge >= 0.3 is 11.4 Å². The second-order valence-corrected chi connectivity index (χ2v) is 9.00. The van der Waals surface area contributed by atoms with Crippen LogP contribution < -0.4 is 20.9 Å². The molecule has 1 N–H and O–H groups in total. The van der Waals surface area contributed by atoms with Gasteiger partial charge in [-0.2, -0.15) is 0 Å². The van der Waals surface area contributed by atoms with Crippen LogP contribution in [0.4, 0.5) is 0 Å². The summed E-state index contributed by atoms with van der Waals surface area (Å²) in [6.45, 7) is 1.77. The van der Waals surface area contributed by atoms with Gasteiger partial charge in [0, 0.05) is 36.1 Å². The van der Waals surface area contributed by atoms with E-state index >= 15 is 0 Å². The van der Waals surface area contributed by atoms with Crippen molar-refractivity contribution in [3.8, 4) is 17.2 Å². The first kappa shape index (κ1) is 23.4. The van der Waals surface area contributed by atoms with E-state index in [0.717, 1.165) is 10.1 Å². The van der Waals surface area contributed by atoms with Gasteiger partial charge in [-0.3, -0.25) is 9.59 Å².